The zero-order valence-corrected chi connectivity index (χ0v) is 17.7. The Morgan fingerprint density at radius 3 is 2.48 bits per heavy atom. The van der Waals surface area contributed by atoms with Gasteiger partial charge in [0.2, 0.25) is 0 Å². The highest BCUT2D eigenvalue weighted by atomic mass is 32.2. The van der Waals surface area contributed by atoms with Crippen LogP contribution in [0.25, 0.3) is 6.08 Å². The number of carbonyl (C=O) groups is 1. The maximum absolute atomic E-state index is 12.2. The fourth-order valence-electron chi connectivity index (χ4n) is 1.99. The molecule has 1 N–H and O–H groups in total. The van der Waals surface area contributed by atoms with Gasteiger partial charge in [-0.1, -0.05) is 12.2 Å². The summed E-state index contributed by atoms with van der Waals surface area (Å²) in [5.41, 5.74) is 0.828. The van der Waals surface area contributed by atoms with E-state index in [0.29, 0.717) is 17.4 Å². The number of nitrogens with one attached hydrogen (secondary N) is 1. The van der Waals surface area contributed by atoms with Gasteiger partial charge in [0, 0.05) is 5.56 Å². The fraction of sp³-hybridized carbons (Fsp3) is 0.550. The highest BCUT2D eigenvalue weighted by Gasteiger charge is 2.20. The molecule has 0 spiro atoms. The van der Waals surface area contributed by atoms with Gasteiger partial charge in [0.25, 0.3) is 0 Å². The smallest absolute Gasteiger partial charge is 0.413 e. The van der Waals surface area contributed by atoms with Crippen molar-refractivity contribution in [1.82, 2.24) is 4.98 Å². The second kappa shape index (κ2) is 8.33. The molecule has 0 radical (unpaired) electrons. The molecule has 1 fully saturated rings. The third-order valence-corrected chi connectivity index (χ3v) is 4.90. The van der Waals surface area contributed by atoms with E-state index < -0.39 is 27.4 Å². The van der Waals surface area contributed by atoms with Crippen LogP contribution in [-0.2, 0) is 15.7 Å². The number of amides is 1. The quantitative estimate of drug-likeness (QED) is 0.736. The van der Waals surface area contributed by atoms with Crippen LogP contribution in [0, 0.1) is 5.92 Å². The number of ether oxygens (including phenoxy) is 1. The summed E-state index contributed by atoms with van der Waals surface area (Å²) in [6.07, 6.45) is 7.50. The van der Waals surface area contributed by atoms with E-state index in [1.807, 2.05) is 32.9 Å². The van der Waals surface area contributed by atoms with Gasteiger partial charge in [-0.25, -0.2) is 14.0 Å². The van der Waals surface area contributed by atoms with E-state index in [2.05, 4.69) is 20.8 Å². The largest absolute Gasteiger partial charge is 0.444 e. The topological polar surface area (TPSA) is 80.6 Å². The highest BCUT2D eigenvalue weighted by Crippen LogP contribution is 2.31. The van der Waals surface area contributed by atoms with Gasteiger partial charge >= 0.3 is 6.09 Å². The third-order valence-electron chi connectivity index (χ3n) is 3.55. The predicted octanol–water partition coefficient (Wildman–Crippen LogP) is 4.73. The number of pyridine rings is 1. The van der Waals surface area contributed by atoms with Crippen LogP contribution < -0.4 is 5.32 Å². The molecular weight excluding hydrogens is 362 g/mol. The molecule has 7 heteroatoms. The van der Waals surface area contributed by atoms with E-state index in [1.54, 1.807) is 26.8 Å². The molecule has 2 rings (SSSR count). The van der Waals surface area contributed by atoms with Gasteiger partial charge < -0.3 is 4.74 Å². The van der Waals surface area contributed by atoms with E-state index >= 15 is 0 Å². The van der Waals surface area contributed by atoms with Crippen molar-refractivity contribution in [2.24, 2.45) is 10.3 Å². The highest BCUT2D eigenvalue weighted by molar-refractivity contribution is 7.85. The van der Waals surface area contributed by atoms with Gasteiger partial charge in [0.1, 0.15) is 22.4 Å². The number of nitrogens with zero attached hydrogens (tertiary/aromatic N) is 2. The van der Waals surface area contributed by atoms with Crippen LogP contribution in [-0.4, -0.2) is 31.8 Å². The van der Waals surface area contributed by atoms with Crippen molar-refractivity contribution >= 4 is 35.2 Å². The number of hydrogen-bond donors (Lipinski definition) is 1. The summed E-state index contributed by atoms with van der Waals surface area (Å²) >= 11 is 0. The molecule has 0 aliphatic heterocycles. The molecule has 1 aliphatic rings. The van der Waals surface area contributed by atoms with Gasteiger partial charge in [-0.2, -0.15) is 4.40 Å². The molecule has 148 valence electrons. The Balaban J connectivity index is 2.24. The van der Waals surface area contributed by atoms with Gasteiger partial charge in [-0.15, -0.1) is 0 Å². The first-order valence-corrected chi connectivity index (χ1v) is 10.2. The number of carbonyl (C=O) groups excluding carboxylic acids is 1. The summed E-state index contributed by atoms with van der Waals surface area (Å²) in [5, 5.41) is 2.63. The van der Waals surface area contributed by atoms with Crippen molar-refractivity contribution in [3.05, 3.63) is 29.5 Å². The Kier molecular flexibility index (Phi) is 6.57. The number of aromatic nitrogens is 1. The van der Waals surface area contributed by atoms with E-state index in [1.165, 1.54) is 19.1 Å². The first-order valence-electron chi connectivity index (χ1n) is 9.09. The summed E-state index contributed by atoms with van der Waals surface area (Å²) in [4.78, 5) is 16.4. The van der Waals surface area contributed by atoms with Crippen molar-refractivity contribution in [2.75, 3.05) is 5.32 Å². The van der Waals surface area contributed by atoms with Crippen LogP contribution in [0.1, 0.15) is 65.6 Å². The maximum atomic E-state index is 12.2. The molecule has 1 amide bonds. The van der Waals surface area contributed by atoms with Crippen molar-refractivity contribution in [3.8, 4) is 0 Å². The molecule has 1 heterocycles. The van der Waals surface area contributed by atoms with E-state index in [0.717, 1.165) is 5.56 Å². The fourth-order valence-corrected chi connectivity index (χ4v) is 2.50. The minimum Gasteiger partial charge on any atom is -0.444 e. The zero-order valence-electron chi connectivity index (χ0n) is 16.9. The molecule has 1 aromatic rings. The summed E-state index contributed by atoms with van der Waals surface area (Å²) < 4.78 is 21.2. The standard InChI is InChI=1S/C20H29N3O3S/c1-19(2,3)26-18(24)23-17-12-11-15(10-9-14-7-8-14)16(22-17)13-21-27(25)20(4,5)6/h9-14H,7-8H2,1-6H3,(H,22,23,24)/b10-9+,21-13+/t27-/m1/s1. The van der Waals surface area contributed by atoms with Crippen LogP contribution in [0.2, 0.25) is 0 Å². The summed E-state index contributed by atoms with van der Waals surface area (Å²) in [6, 6.07) is 3.58. The van der Waals surface area contributed by atoms with Gasteiger partial charge in [-0.3, -0.25) is 5.32 Å². The average molecular weight is 392 g/mol. The summed E-state index contributed by atoms with van der Waals surface area (Å²) in [6.45, 7) is 11.0. The lowest BCUT2D eigenvalue weighted by atomic mass is 10.1. The second-order valence-corrected chi connectivity index (χ2v) is 10.5. The molecule has 0 unspecified atom stereocenters. The zero-order chi connectivity index (χ0) is 20.2. The number of rotatable bonds is 5. The molecule has 0 bridgehead atoms. The molecule has 6 nitrogen and oxygen atoms in total. The van der Waals surface area contributed by atoms with Crippen molar-refractivity contribution in [2.45, 2.75) is 64.7 Å². The molecule has 0 saturated heterocycles. The first-order chi connectivity index (χ1) is 12.4. The lowest BCUT2D eigenvalue weighted by molar-refractivity contribution is 0.0635. The molecule has 1 aliphatic carbocycles. The Morgan fingerprint density at radius 2 is 1.93 bits per heavy atom. The molecule has 1 saturated carbocycles. The van der Waals surface area contributed by atoms with Crippen LogP contribution >= 0.6 is 0 Å². The third kappa shape index (κ3) is 7.62. The van der Waals surface area contributed by atoms with Gasteiger partial charge in [0.15, 0.2) is 0 Å². The monoisotopic (exact) mass is 391 g/mol. The molecule has 0 aromatic carbocycles. The SMILES string of the molecule is CC(C)(C)OC(=O)Nc1ccc(/C=C/C2CC2)c(/C=N/[S@](=O)C(C)(C)C)n1. The van der Waals surface area contributed by atoms with E-state index in [-0.39, 0.29) is 0 Å². The minimum absolute atomic E-state index is 0.357. The Labute approximate surface area is 164 Å². The average Bonchev–Trinajstić information content (AvgIpc) is 3.33. The summed E-state index contributed by atoms with van der Waals surface area (Å²) in [5.74, 6) is 0.980. The predicted molar refractivity (Wildman–Crippen MR) is 111 cm³/mol. The van der Waals surface area contributed by atoms with Crippen LogP contribution in [0.4, 0.5) is 10.6 Å². The number of hydrogen-bond acceptors (Lipinski definition) is 4. The number of allylic oxidation sites excluding steroid dienone is 1. The molecule has 1 atom stereocenters. The number of anilines is 1. The molecule has 27 heavy (non-hydrogen) atoms. The van der Waals surface area contributed by atoms with Crippen LogP contribution in [0.5, 0.6) is 0 Å². The van der Waals surface area contributed by atoms with Crippen LogP contribution in [0.3, 0.4) is 0 Å². The lowest BCUT2D eigenvalue weighted by Crippen LogP contribution is -2.27. The Bertz CT molecular complexity index is 770. The van der Waals surface area contributed by atoms with Crippen molar-refractivity contribution in [1.29, 1.82) is 0 Å². The van der Waals surface area contributed by atoms with Crippen LogP contribution in [0.15, 0.2) is 22.6 Å². The second-order valence-electron chi connectivity index (χ2n) is 8.59. The normalized spacial score (nSPS) is 16.7. The van der Waals surface area contributed by atoms with Gasteiger partial charge in [0.05, 0.1) is 16.7 Å². The van der Waals surface area contributed by atoms with Gasteiger partial charge in [-0.05, 0) is 72.4 Å². The van der Waals surface area contributed by atoms with E-state index in [9.17, 15) is 9.00 Å². The Morgan fingerprint density at radius 1 is 1.26 bits per heavy atom. The lowest BCUT2D eigenvalue weighted by Gasteiger charge is -2.19. The first kappa shape index (κ1) is 21.3. The Hall–Kier alpha value is -2.02. The maximum Gasteiger partial charge on any atom is 0.413 e. The van der Waals surface area contributed by atoms with E-state index in [4.69, 9.17) is 4.74 Å². The van der Waals surface area contributed by atoms with Crippen molar-refractivity contribution < 1.29 is 13.7 Å². The van der Waals surface area contributed by atoms with Crippen molar-refractivity contribution in [3.63, 3.8) is 0 Å². The molecule has 1 aromatic heterocycles. The summed E-state index contributed by atoms with van der Waals surface area (Å²) in [7, 11) is -1.38. The minimum atomic E-state index is -1.38. The molecular formula is C20H29N3O3S.